The fourth-order valence-electron chi connectivity index (χ4n) is 2.78. The van der Waals surface area contributed by atoms with Crippen LogP contribution in [0.3, 0.4) is 0 Å². The fourth-order valence-corrected chi connectivity index (χ4v) is 3.65. The highest BCUT2D eigenvalue weighted by molar-refractivity contribution is 7.10. The number of anilines is 1. The molecule has 3 rings (SSSR count). The van der Waals surface area contributed by atoms with Crippen molar-refractivity contribution in [3.8, 4) is 0 Å². The number of benzene rings is 1. The Morgan fingerprint density at radius 3 is 2.77 bits per heavy atom. The monoisotopic (exact) mass is 322 g/mol. The zero-order chi connectivity index (χ0) is 15.5. The van der Waals surface area contributed by atoms with Gasteiger partial charge in [-0.25, -0.2) is 8.78 Å². The van der Waals surface area contributed by atoms with Gasteiger partial charge in [-0.15, -0.1) is 11.3 Å². The first kappa shape index (κ1) is 15.0. The summed E-state index contributed by atoms with van der Waals surface area (Å²) >= 11 is 1.65. The minimum Gasteiger partial charge on any atom is -0.376 e. The average Bonchev–Trinajstić information content (AvgIpc) is 3.13. The third kappa shape index (κ3) is 3.27. The van der Waals surface area contributed by atoms with E-state index >= 15 is 0 Å². The van der Waals surface area contributed by atoms with Crippen LogP contribution in [-0.4, -0.2) is 23.9 Å². The smallest absolute Gasteiger partial charge is 0.242 e. The number of carbonyl (C=O) groups excluding carboxylic acids is 1. The molecule has 3 nitrogen and oxygen atoms in total. The van der Waals surface area contributed by atoms with Gasteiger partial charge in [0, 0.05) is 23.2 Å². The van der Waals surface area contributed by atoms with Crippen LogP contribution in [0.15, 0.2) is 35.7 Å². The summed E-state index contributed by atoms with van der Waals surface area (Å²) in [4.78, 5) is 15.4. The van der Waals surface area contributed by atoms with E-state index in [2.05, 4.69) is 5.32 Å². The molecule has 1 fully saturated rings. The van der Waals surface area contributed by atoms with Gasteiger partial charge < -0.3 is 10.2 Å². The van der Waals surface area contributed by atoms with Gasteiger partial charge in [0.25, 0.3) is 0 Å². The van der Waals surface area contributed by atoms with E-state index in [0.717, 1.165) is 25.5 Å². The Hall–Kier alpha value is -1.95. The Balaban J connectivity index is 1.64. The Kier molecular flexibility index (Phi) is 4.38. The molecule has 1 aliphatic rings. The van der Waals surface area contributed by atoms with Crippen molar-refractivity contribution in [3.63, 3.8) is 0 Å². The number of halogens is 2. The first-order chi connectivity index (χ1) is 10.6. The molecule has 22 heavy (non-hydrogen) atoms. The normalized spacial score (nSPS) is 17.7. The second kappa shape index (κ2) is 6.44. The average molecular weight is 322 g/mol. The SMILES string of the molecule is O=C(CNc1cc(F)cc(F)c1)N1CCC[C@H]1c1cccs1. The van der Waals surface area contributed by atoms with Crippen molar-refractivity contribution in [3.05, 3.63) is 52.2 Å². The Morgan fingerprint density at radius 2 is 2.09 bits per heavy atom. The maximum Gasteiger partial charge on any atom is 0.242 e. The molecule has 1 aliphatic heterocycles. The molecular weight excluding hydrogens is 306 g/mol. The fraction of sp³-hybridized carbons (Fsp3) is 0.312. The molecule has 1 amide bonds. The van der Waals surface area contributed by atoms with Crippen LogP contribution in [0, 0.1) is 11.6 Å². The lowest BCUT2D eigenvalue weighted by Gasteiger charge is -2.24. The van der Waals surface area contributed by atoms with E-state index in [1.807, 2.05) is 22.4 Å². The van der Waals surface area contributed by atoms with Crippen LogP contribution in [-0.2, 0) is 4.79 Å². The van der Waals surface area contributed by atoms with E-state index in [9.17, 15) is 13.6 Å². The molecule has 1 N–H and O–H groups in total. The third-order valence-corrected chi connectivity index (χ3v) is 4.72. The molecule has 1 aromatic carbocycles. The van der Waals surface area contributed by atoms with Crippen LogP contribution in [0.2, 0.25) is 0 Å². The summed E-state index contributed by atoms with van der Waals surface area (Å²) in [6.45, 7) is 0.755. The number of rotatable bonds is 4. The van der Waals surface area contributed by atoms with Crippen molar-refractivity contribution in [2.24, 2.45) is 0 Å². The van der Waals surface area contributed by atoms with Gasteiger partial charge in [-0.1, -0.05) is 6.07 Å². The van der Waals surface area contributed by atoms with E-state index in [0.29, 0.717) is 0 Å². The predicted molar refractivity (Wildman–Crippen MR) is 82.9 cm³/mol. The molecule has 1 atom stereocenters. The van der Waals surface area contributed by atoms with Gasteiger partial charge >= 0.3 is 0 Å². The molecule has 2 heterocycles. The third-order valence-electron chi connectivity index (χ3n) is 3.75. The summed E-state index contributed by atoms with van der Waals surface area (Å²) in [5.41, 5.74) is 0.276. The van der Waals surface area contributed by atoms with Gasteiger partial charge in [-0.3, -0.25) is 4.79 Å². The van der Waals surface area contributed by atoms with Crippen molar-refractivity contribution in [1.82, 2.24) is 4.90 Å². The lowest BCUT2D eigenvalue weighted by Crippen LogP contribution is -2.34. The number of hydrogen-bond donors (Lipinski definition) is 1. The van der Waals surface area contributed by atoms with Crippen molar-refractivity contribution >= 4 is 22.9 Å². The van der Waals surface area contributed by atoms with E-state index in [1.54, 1.807) is 11.3 Å². The van der Waals surface area contributed by atoms with Gasteiger partial charge in [-0.05, 0) is 36.4 Å². The quantitative estimate of drug-likeness (QED) is 0.928. The number of carbonyl (C=O) groups is 1. The molecule has 116 valence electrons. The molecule has 0 saturated carbocycles. The van der Waals surface area contributed by atoms with Crippen LogP contribution in [0.5, 0.6) is 0 Å². The first-order valence-corrected chi connectivity index (χ1v) is 8.04. The highest BCUT2D eigenvalue weighted by Gasteiger charge is 2.30. The van der Waals surface area contributed by atoms with Crippen molar-refractivity contribution in [2.75, 3.05) is 18.4 Å². The molecular formula is C16H16F2N2OS. The minimum absolute atomic E-state index is 0.0325. The van der Waals surface area contributed by atoms with E-state index in [4.69, 9.17) is 0 Å². The van der Waals surface area contributed by atoms with Gasteiger partial charge in [0.2, 0.25) is 5.91 Å². The Bertz CT molecular complexity index is 640. The Morgan fingerprint density at radius 1 is 1.32 bits per heavy atom. The highest BCUT2D eigenvalue weighted by atomic mass is 32.1. The van der Waals surface area contributed by atoms with Gasteiger partial charge in [0.05, 0.1) is 12.6 Å². The number of hydrogen-bond acceptors (Lipinski definition) is 3. The first-order valence-electron chi connectivity index (χ1n) is 7.16. The molecule has 0 bridgehead atoms. The number of amides is 1. The van der Waals surface area contributed by atoms with Crippen molar-refractivity contribution in [1.29, 1.82) is 0 Å². The van der Waals surface area contributed by atoms with Gasteiger partial charge in [0.1, 0.15) is 11.6 Å². The summed E-state index contributed by atoms with van der Waals surface area (Å²) < 4.78 is 26.3. The maximum atomic E-state index is 13.1. The van der Waals surface area contributed by atoms with E-state index in [1.165, 1.54) is 17.0 Å². The zero-order valence-corrected chi connectivity index (χ0v) is 12.7. The summed E-state index contributed by atoms with van der Waals surface area (Å²) in [6.07, 6.45) is 1.93. The van der Waals surface area contributed by atoms with Crippen molar-refractivity contribution < 1.29 is 13.6 Å². The summed E-state index contributed by atoms with van der Waals surface area (Å²) in [5.74, 6) is -1.37. The van der Waals surface area contributed by atoms with E-state index in [-0.39, 0.29) is 24.2 Å². The minimum atomic E-state index is -0.660. The number of likely N-dealkylation sites (tertiary alicyclic amines) is 1. The largest absolute Gasteiger partial charge is 0.376 e. The predicted octanol–water partition coefficient (Wildman–Crippen LogP) is 3.80. The highest BCUT2D eigenvalue weighted by Crippen LogP contribution is 2.34. The van der Waals surface area contributed by atoms with Gasteiger partial charge in [-0.2, -0.15) is 0 Å². The maximum absolute atomic E-state index is 13.1. The van der Waals surface area contributed by atoms with E-state index < -0.39 is 11.6 Å². The van der Waals surface area contributed by atoms with Gasteiger partial charge in [0.15, 0.2) is 0 Å². The summed E-state index contributed by atoms with van der Waals surface area (Å²) in [5, 5.41) is 4.81. The number of nitrogens with zero attached hydrogens (tertiary/aromatic N) is 1. The van der Waals surface area contributed by atoms with Crippen molar-refractivity contribution in [2.45, 2.75) is 18.9 Å². The lowest BCUT2D eigenvalue weighted by molar-refractivity contribution is -0.130. The second-order valence-corrected chi connectivity index (χ2v) is 6.25. The van der Waals surface area contributed by atoms with Crippen LogP contribution >= 0.6 is 11.3 Å². The van der Waals surface area contributed by atoms with Crippen LogP contribution in [0.4, 0.5) is 14.5 Å². The topological polar surface area (TPSA) is 32.3 Å². The molecule has 0 spiro atoms. The van der Waals surface area contributed by atoms with Crippen LogP contribution < -0.4 is 5.32 Å². The number of nitrogens with one attached hydrogen (secondary N) is 1. The molecule has 0 radical (unpaired) electrons. The number of thiophene rings is 1. The lowest BCUT2D eigenvalue weighted by atomic mass is 10.2. The van der Waals surface area contributed by atoms with Crippen LogP contribution in [0.25, 0.3) is 0 Å². The molecule has 0 unspecified atom stereocenters. The standard InChI is InChI=1S/C16H16F2N2OS/c17-11-7-12(18)9-13(8-11)19-10-16(21)20-5-1-3-14(20)15-4-2-6-22-15/h2,4,6-9,14,19H,1,3,5,10H2/t14-/m0/s1. The van der Waals surface area contributed by atoms with Crippen LogP contribution in [0.1, 0.15) is 23.8 Å². The summed E-state index contributed by atoms with van der Waals surface area (Å²) in [7, 11) is 0. The summed E-state index contributed by atoms with van der Waals surface area (Å²) in [6, 6.07) is 7.30. The second-order valence-electron chi connectivity index (χ2n) is 5.27. The molecule has 2 aromatic rings. The molecule has 6 heteroatoms. The molecule has 1 saturated heterocycles. The molecule has 1 aromatic heterocycles. The molecule has 0 aliphatic carbocycles. The zero-order valence-electron chi connectivity index (χ0n) is 11.9. The Labute approximate surface area is 131 Å².